The van der Waals surface area contributed by atoms with Crippen LogP contribution in [0.5, 0.6) is 0 Å². The summed E-state index contributed by atoms with van der Waals surface area (Å²) in [7, 11) is 1.61. The molecule has 0 rings (SSSR count). The molecule has 0 spiro atoms. The Labute approximate surface area is 68.9 Å². The lowest BCUT2D eigenvalue weighted by Gasteiger charge is -2.16. The average molecular weight is 158 g/mol. The van der Waals surface area contributed by atoms with Crippen molar-refractivity contribution in [3.05, 3.63) is 12.2 Å². The monoisotopic (exact) mass is 158 g/mol. The smallest absolute Gasteiger partial charge is 0.0802 e. The lowest BCUT2D eigenvalue weighted by atomic mass is 10.1. The number of hydrogen-bond donors (Lipinski definition) is 1. The van der Waals surface area contributed by atoms with Crippen LogP contribution in [0.1, 0.15) is 26.7 Å². The SMILES string of the molecule is C=C(C)CCC(O)C(C)OC. The second-order valence-electron chi connectivity index (χ2n) is 3.00. The highest BCUT2D eigenvalue weighted by molar-refractivity contribution is 4.88. The molecule has 11 heavy (non-hydrogen) atoms. The predicted molar refractivity (Wildman–Crippen MR) is 46.5 cm³/mol. The summed E-state index contributed by atoms with van der Waals surface area (Å²) in [5, 5.41) is 9.40. The summed E-state index contributed by atoms with van der Waals surface area (Å²) >= 11 is 0. The molecule has 0 aromatic heterocycles. The van der Waals surface area contributed by atoms with Crippen molar-refractivity contribution in [1.82, 2.24) is 0 Å². The van der Waals surface area contributed by atoms with Gasteiger partial charge in [0.05, 0.1) is 12.2 Å². The molecule has 2 heteroatoms. The van der Waals surface area contributed by atoms with E-state index in [2.05, 4.69) is 6.58 Å². The van der Waals surface area contributed by atoms with Gasteiger partial charge in [0.15, 0.2) is 0 Å². The van der Waals surface area contributed by atoms with Gasteiger partial charge in [0.25, 0.3) is 0 Å². The van der Waals surface area contributed by atoms with Crippen molar-refractivity contribution in [3.63, 3.8) is 0 Å². The van der Waals surface area contributed by atoms with Crippen molar-refractivity contribution in [2.45, 2.75) is 38.9 Å². The third kappa shape index (κ3) is 4.99. The van der Waals surface area contributed by atoms with E-state index in [0.717, 1.165) is 18.4 Å². The molecule has 0 aliphatic rings. The quantitative estimate of drug-likeness (QED) is 0.617. The minimum Gasteiger partial charge on any atom is -0.390 e. The Morgan fingerprint density at radius 1 is 1.64 bits per heavy atom. The normalized spacial score (nSPS) is 16.0. The molecule has 0 fully saturated rings. The number of ether oxygens (including phenoxy) is 1. The molecule has 2 atom stereocenters. The van der Waals surface area contributed by atoms with Gasteiger partial charge in [-0.3, -0.25) is 0 Å². The zero-order chi connectivity index (χ0) is 8.85. The van der Waals surface area contributed by atoms with Crippen LogP contribution < -0.4 is 0 Å². The number of allylic oxidation sites excluding steroid dienone is 1. The Bertz CT molecular complexity index is 121. The summed E-state index contributed by atoms with van der Waals surface area (Å²) in [6.45, 7) is 7.59. The van der Waals surface area contributed by atoms with Crippen molar-refractivity contribution in [2.75, 3.05) is 7.11 Å². The van der Waals surface area contributed by atoms with Gasteiger partial charge in [-0.15, -0.1) is 6.58 Å². The first-order valence-electron chi connectivity index (χ1n) is 3.93. The Hall–Kier alpha value is -0.340. The van der Waals surface area contributed by atoms with Crippen molar-refractivity contribution >= 4 is 0 Å². The third-order valence-electron chi connectivity index (χ3n) is 1.78. The summed E-state index contributed by atoms with van der Waals surface area (Å²) in [6.07, 6.45) is 1.17. The molecule has 0 saturated carbocycles. The minimum atomic E-state index is -0.364. The number of methoxy groups -OCH3 is 1. The zero-order valence-corrected chi connectivity index (χ0v) is 7.63. The fourth-order valence-corrected chi connectivity index (χ4v) is 0.786. The zero-order valence-electron chi connectivity index (χ0n) is 7.63. The average Bonchev–Trinajstić information content (AvgIpc) is 1.98. The van der Waals surface area contributed by atoms with E-state index in [0.29, 0.717) is 0 Å². The van der Waals surface area contributed by atoms with E-state index in [4.69, 9.17) is 4.74 Å². The first-order valence-corrected chi connectivity index (χ1v) is 3.93. The standard InChI is InChI=1S/C9H18O2/c1-7(2)5-6-9(10)8(3)11-4/h8-10H,1,5-6H2,2-4H3. The van der Waals surface area contributed by atoms with Gasteiger partial charge in [0, 0.05) is 7.11 Å². The number of hydrogen-bond acceptors (Lipinski definition) is 2. The molecule has 2 nitrogen and oxygen atoms in total. The van der Waals surface area contributed by atoms with Crippen LogP contribution >= 0.6 is 0 Å². The molecular formula is C9H18O2. The van der Waals surface area contributed by atoms with Crippen LogP contribution in [-0.4, -0.2) is 24.4 Å². The topological polar surface area (TPSA) is 29.5 Å². The highest BCUT2D eigenvalue weighted by Gasteiger charge is 2.11. The van der Waals surface area contributed by atoms with Gasteiger partial charge in [-0.2, -0.15) is 0 Å². The first-order chi connectivity index (χ1) is 5.07. The predicted octanol–water partition coefficient (Wildman–Crippen LogP) is 1.74. The molecule has 2 unspecified atom stereocenters. The Balaban J connectivity index is 3.51. The second-order valence-corrected chi connectivity index (χ2v) is 3.00. The van der Waals surface area contributed by atoms with Gasteiger partial charge in [0.2, 0.25) is 0 Å². The molecule has 0 aromatic carbocycles. The van der Waals surface area contributed by atoms with Gasteiger partial charge in [-0.25, -0.2) is 0 Å². The number of aliphatic hydroxyl groups is 1. The van der Waals surface area contributed by atoms with E-state index < -0.39 is 0 Å². The molecule has 66 valence electrons. The molecular weight excluding hydrogens is 140 g/mol. The summed E-state index contributed by atoms with van der Waals surface area (Å²) < 4.78 is 4.96. The highest BCUT2D eigenvalue weighted by Crippen LogP contribution is 2.08. The van der Waals surface area contributed by atoms with E-state index >= 15 is 0 Å². The third-order valence-corrected chi connectivity index (χ3v) is 1.78. The maximum atomic E-state index is 9.40. The lowest BCUT2D eigenvalue weighted by molar-refractivity contribution is -0.00390. The van der Waals surface area contributed by atoms with Gasteiger partial charge in [-0.05, 0) is 26.7 Å². The van der Waals surface area contributed by atoms with Crippen LogP contribution in [0.25, 0.3) is 0 Å². The van der Waals surface area contributed by atoms with E-state index in [1.165, 1.54) is 0 Å². The van der Waals surface area contributed by atoms with Crippen molar-refractivity contribution < 1.29 is 9.84 Å². The number of rotatable bonds is 5. The highest BCUT2D eigenvalue weighted by atomic mass is 16.5. The summed E-state index contributed by atoms with van der Waals surface area (Å²) in [5.41, 5.74) is 1.10. The Kier molecular flexibility index (Phi) is 5.16. The van der Waals surface area contributed by atoms with E-state index in [1.807, 2.05) is 13.8 Å². The first kappa shape index (κ1) is 10.7. The van der Waals surface area contributed by atoms with Crippen LogP contribution in [0, 0.1) is 0 Å². The van der Waals surface area contributed by atoms with Gasteiger partial charge in [-0.1, -0.05) is 5.57 Å². The van der Waals surface area contributed by atoms with Crippen molar-refractivity contribution in [2.24, 2.45) is 0 Å². The Morgan fingerprint density at radius 2 is 2.18 bits per heavy atom. The van der Waals surface area contributed by atoms with Gasteiger partial charge in [0.1, 0.15) is 0 Å². The summed E-state index contributed by atoms with van der Waals surface area (Å²) in [5.74, 6) is 0. The molecule has 0 aliphatic heterocycles. The van der Waals surface area contributed by atoms with Crippen LogP contribution in [0.3, 0.4) is 0 Å². The van der Waals surface area contributed by atoms with Crippen LogP contribution in [0.15, 0.2) is 12.2 Å². The van der Waals surface area contributed by atoms with Gasteiger partial charge >= 0.3 is 0 Å². The van der Waals surface area contributed by atoms with Crippen LogP contribution in [0.4, 0.5) is 0 Å². The van der Waals surface area contributed by atoms with E-state index in [9.17, 15) is 5.11 Å². The van der Waals surface area contributed by atoms with Gasteiger partial charge < -0.3 is 9.84 Å². The molecule has 1 N–H and O–H groups in total. The van der Waals surface area contributed by atoms with E-state index in [-0.39, 0.29) is 12.2 Å². The maximum Gasteiger partial charge on any atom is 0.0802 e. The molecule has 0 bridgehead atoms. The molecule has 0 saturated heterocycles. The molecule has 0 aliphatic carbocycles. The van der Waals surface area contributed by atoms with Crippen molar-refractivity contribution in [3.8, 4) is 0 Å². The minimum absolute atomic E-state index is 0.0747. The maximum absolute atomic E-state index is 9.40. The molecule has 0 heterocycles. The Morgan fingerprint density at radius 3 is 2.55 bits per heavy atom. The second kappa shape index (κ2) is 5.33. The fraction of sp³-hybridized carbons (Fsp3) is 0.778. The number of aliphatic hydroxyl groups excluding tert-OH is 1. The molecule has 0 aromatic rings. The molecule has 0 amide bonds. The van der Waals surface area contributed by atoms with Crippen LogP contribution in [-0.2, 0) is 4.74 Å². The summed E-state index contributed by atoms with van der Waals surface area (Å²) in [4.78, 5) is 0. The van der Waals surface area contributed by atoms with Crippen LogP contribution in [0.2, 0.25) is 0 Å². The fourth-order valence-electron chi connectivity index (χ4n) is 0.786. The largest absolute Gasteiger partial charge is 0.390 e. The van der Waals surface area contributed by atoms with Crippen molar-refractivity contribution in [1.29, 1.82) is 0 Å². The summed E-state index contributed by atoms with van der Waals surface area (Å²) in [6, 6.07) is 0. The van der Waals surface area contributed by atoms with E-state index in [1.54, 1.807) is 7.11 Å². The molecule has 0 radical (unpaired) electrons. The lowest BCUT2D eigenvalue weighted by Crippen LogP contribution is -2.24.